The van der Waals surface area contributed by atoms with Crippen LogP contribution in [0.15, 0.2) is 28.1 Å². The third-order valence-electron chi connectivity index (χ3n) is 3.54. The number of rotatable bonds is 4. The van der Waals surface area contributed by atoms with E-state index in [-0.39, 0.29) is 6.04 Å². The number of nitrogens with one attached hydrogen (secondary N) is 1. The lowest BCUT2D eigenvalue weighted by Gasteiger charge is -2.17. The molecule has 1 aromatic heterocycles. The molecule has 1 aliphatic rings. The Balaban J connectivity index is 1.90. The second-order valence-corrected chi connectivity index (χ2v) is 7.77. The van der Waals surface area contributed by atoms with Gasteiger partial charge in [-0.05, 0) is 64.8 Å². The van der Waals surface area contributed by atoms with Crippen LogP contribution in [0, 0.1) is 0 Å². The predicted molar refractivity (Wildman–Crippen MR) is 88.2 cm³/mol. The van der Waals surface area contributed by atoms with Gasteiger partial charge >= 0.3 is 0 Å². The molecule has 5 heteroatoms. The SMILES string of the molecule is CNC(Cc1cc(Cl)cc2c1OCC2)c1ccc(Br)s1. The molecular formula is C15H15BrClNOS. The molecular weight excluding hydrogens is 358 g/mol. The Morgan fingerprint density at radius 2 is 2.30 bits per heavy atom. The van der Waals surface area contributed by atoms with E-state index >= 15 is 0 Å². The highest BCUT2D eigenvalue weighted by atomic mass is 79.9. The summed E-state index contributed by atoms with van der Waals surface area (Å²) in [5, 5.41) is 4.18. The van der Waals surface area contributed by atoms with Gasteiger partial charge in [0.1, 0.15) is 5.75 Å². The quantitative estimate of drug-likeness (QED) is 0.846. The number of fused-ring (bicyclic) bond motifs is 1. The van der Waals surface area contributed by atoms with Crippen molar-refractivity contribution in [3.05, 3.63) is 49.1 Å². The molecule has 3 rings (SSSR count). The summed E-state index contributed by atoms with van der Waals surface area (Å²) in [5.74, 6) is 1.03. The van der Waals surface area contributed by atoms with E-state index in [0.717, 1.165) is 34.0 Å². The number of halogens is 2. The van der Waals surface area contributed by atoms with Crippen LogP contribution in [0.2, 0.25) is 5.02 Å². The molecule has 0 saturated carbocycles. The van der Waals surface area contributed by atoms with Crippen LogP contribution in [-0.2, 0) is 12.8 Å². The molecule has 20 heavy (non-hydrogen) atoms. The summed E-state index contributed by atoms with van der Waals surface area (Å²) in [6.45, 7) is 0.761. The van der Waals surface area contributed by atoms with Gasteiger partial charge in [-0.2, -0.15) is 0 Å². The normalized spacial score (nSPS) is 14.9. The van der Waals surface area contributed by atoms with E-state index in [9.17, 15) is 0 Å². The van der Waals surface area contributed by atoms with Crippen molar-refractivity contribution < 1.29 is 4.74 Å². The summed E-state index contributed by atoms with van der Waals surface area (Å²) in [6.07, 6.45) is 1.84. The van der Waals surface area contributed by atoms with Crippen molar-refractivity contribution in [1.82, 2.24) is 5.32 Å². The lowest BCUT2D eigenvalue weighted by molar-refractivity contribution is 0.352. The third-order valence-corrected chi connectivity index (χ3v) is 5.49. The Labute approximate surface area is 136 Å². The van der Waals surface area contributed by atoms with E-state index in [2.05, 4.69) is 33.4 Å². The van der Waals surface area contributed by atoms with Crippen molar-refractivity contribution in [1.29, 1.82) is 0 Å². The first kappa shape index (κ1) is 14.4. The zero-order chi connectivity index (χ0) is 14.1. The summed E-state index contributed by atoms with van der Waals surface area (Å²) in [7, 11) is 1.99. The van der Waals surface area contributed by atoms with Crippen LogP contribution in [0.5, 0.6) is 5.75 Å². The Hall–Kier alpha value is -0.550. The van der Waals surface area contributed by atoms with Gasteiger partial charge in [0.05, 0.1) is 10.4 Å². The van der Waals surface area contributed by atoms with Gasteiger partial charge in [-0.25, -0.2) is 0 Å². The zero-order valence-electron chi connectivity index (χ0n) is 11.1. The topological polar surface area (TPSA) is 21.3 Å². The number of thiophene rings is 1. The number of hydrogen-bond acceptors (Lipinski definition) is 3. The zero-order valence-corrected chi connectivity index (χ0v) is 14.2. The Morgan fingerprint density at radius 3 is 3.00 bits per heavy atom. The molecule has 0 bridgehead atoms. The molecule has 0 fully saturated rings. The summed E-state index contributed by atoms with van der Waals surface area (Å²) in [6, 6.07) is 8.56. The first-order valence-electron chi connectivity index (χ1n) is 6.54. The fraction of sp³-hybridized carbons (Fsp3) is 0.333. The largest absolute Gasteiger partial charge is 0.493 e. The van der Waals surface area contributed by atoms with Crippen molar-refractivity contribution in [3.63, 3.8) is 0 Å². The summed E-state index contributed by atoms with van der Waals surface area (Å²) < 4.78 is 6.93. The molecule has 1 unspecified atom stereocenters. The van der Waals surface area contributed by atoms with E-state index in [1.54, 1.807) is 11.3 Å². The third kappa shape index (κ3) is 2.89. The lowest BCUT2D eigenvalue weighted by Crippen LogP contribution is -2.18. The van der Waals surface area contributed by atoms with Crippen LogP contribution in [0.1, 0.15) is 22.0 Å². The van der Waals surface area contributed by atoms with Crippen molar-refractivity contribution in [2.45, 2.75) is 18.9 Å². The molecule has 106 valence electrons. The first-order chi connectivity index (χ1) is 9.67. The van der Waals surface area contributed by atoms with E-state index in [1.807, 2.05) is 19.2 Å². The standard InChI is InChI=1S/C15H15BrClNOS/c1-18-12(13-2-3-14(16)20-13)8-10-7-11(17)6-9-4-5-19-15(9)10/h2-3,6-7,12,18H,4-5,8H2,1H3. The Bertz CT molecular complexity index is 628. The molecule has 0 radical (unpaired) electrons. The maximum atomic E-state index is 6.22. The summed E-state index contributed by atoms with van der Waals surface area (Å²) in [5.41, 5.74) is 2.42. The van der Waals surface area contributed by atoms with E-state index in [0.29, 0.717) is 0 Å². The highest BCUT2D eigenvalue weighted by molar-refractivity contribution is 9.11. The minimum Gasteiger partial charge on any atom is -0.493 e. The molecule has 2 nitrogen and oxygen atoms in total. The van der Waals surface area contributed by atoms with Crippen molar-refractivity contribution >= 4 is 38.9 Å². The molecule has 1 N–H and O–H groups in total. The minimum atomic E-state index is 0.276. The lowest BCUT2D eigenvalue weighted by atomic mass is 10.0. The summed E-state index contributed by atoms with van der Waals surface area (Å²) in [4.78, 5) is 1.31. The molecule has 1 aromatic carbocycles. The number of ether oxygens (including phenoxy) is 1. The van der Waals surface area contributed by atoms with Gasteiger partial charge in [0.15, 0.2) is 0 Å². The van der Waals surface area contributed by atoms with Crippen LogP contribution in [-0.4, -0.2) is 13.7 Å². The van der Waals surface area contributed by atoms with Crippen LogP contribution < -0.4 is 10.1 Å². The van der Waals surface area contributed by atoms with E-state index in [4.69, 9.17) is 16.3 Å². The maximum absolute atomic E-state index is 6.22. The number of hydrogen-bond donors (Lipinski definition) is 1. The second kappa shape index (κ2) is 6.06. The fourth-order valence-electron chi connectivity index (χ4n) is 2.58. The minimum absolute atomic E-state index is 0.276. The second-order valence-electron chi connectivity index (χ2n) is 4.84. The molecule has 0 spiro atoms. The molecule has 1 atom stereocenters. The molecule has 0 saturated heterocycles. The molecule has 2 aromatic rings. The van der Waals surface area contributed by atoms with Crippen molar-refractivity contribution in [3.8, 4) is 5.75 Å². The average Bonchev–Trinajstić information content (AvgIpc) is 3.04. The van der Waals surface area contributed by atoms with E-state index < -0.39 is 0 Å². The van der Waals surface area contributed by atoms with Gasteiger partial charge < -0.3 is 10.1 Å². The fourth-order valence-corrected chi connectivity index (χ4v) is 4.38. The van der Waals surface area contributed by atoms with Gasteiger partial charge in [0.25, 0.3) is 0 Å². The summed E-state index contributed by atoms with van der Waals surface area (Å²) >= 11 is 11.5. The maximum Gasteiger partial charge on any atom is 0.125 e. The van der Waals surface area contributed by atoms with Crippen molar-refractivity contribution in [2.75, 3.05) is 13.7 Å². The van der Waals surface area contributed by atoms with Gasteiger partial charge in [-0.3, -0.25) is 0 Å². The van der Waals surface area contributed by atoms with E-state index in [1.165, 1.54) is 16.0 Å². The van der Waals surface area contributed by atoms with Crippen LogP contribution in [0.4, 0.5) is 0 Å². The van der Waals surface area contributed by atoms with Gasteiger partial charge in [-0.1, -0.05) is 11.6 Å². The van der Waals surface area contributed by atoms with Crippen LogP contribution in [0.3, 0.4) is 0 Å². The Kier molecular flexibility index (Phi) is 4.36. The van der Waals surface area contributed by atoms with Crippen LogP contribution in [0.25, 0.3) is 0 Å². The number of benzene rings is 1. The molecule has 2 heterocycles. The Morgan fingerprint density at radius 1 is 1.45 bits per heavy atom. The smallest absolute Gasteiger partial charge is 0.125 e. The number of likely N-dealkylation sites (N-methyl/N-ethyl adjacent to an activating group) is 1. The van der Waals surface area contributed by atoms with Gasteiger partial charge in [0.2, 0.25) is 0 Å². The van der Waals surface area contributed by atoms with Gasteiger partial charge in [-0.15, -0.1) is 11.3 Å². The average molecular weight is 373 g/mol. The highest BCUT2D eigenvalue weighted by Crippen LogP contribution is 2.36. The van der Waals surface area contributed by atoms with Gasteiger partial charge in [0, 0.05) is 22.4 Å². The predicted octanol–water partition coefficient (Wildman–Crippen LogP) is 4.60. The van der Waals surface area contributed by atoms with Crippen molar-refractivity contribution in [2.24, 2.45) is 0 Å². The highest BCUT2D eigenvalue weighted by Gasteiger charge is 2.21. The molecule has 0 aliphatic carbocycles. The van der Waals surface area contributed by atoms with Crippen LogP contribution >= 0.6 is 38.9 Å². The molecule has 1 aliphatic heterocycles. The first-order valence-corrected chi connectivity index (χ1v) is 8.52. The monoisotopic (exact) mass is 371 g/mol. The molecule has 0 amide bonds.